The summed E-state index contributed by atoms with van der Waals surface area (Å²) in [4.78, 5) is 31.8. The smallest absolute Gasteiger partial charge is 0.308 e. The van der Waals surface area contributed by atoms with Gasteiger partial charge in [0.05, 0.1) is 31.7 Å². The summed E-state index contributed by atoms with van der Waals surface area (Å²) in [5.41, 5.74) is 1.04. The molecular weight excluding hydrogens is 486 g/mol. The largest absolute Gasteiger partial charge is 0.481 e. The third-order valence-corrected chi connectivity index (χ3v) is 6.43. The molecule has 0 saturated heterocycles. The summed E-state index contributed by atoms with van der Waals surface area (Å²) >= 11 is 0. The highest BCUT2D eigenvalue weighted by Crippen LogP contribution is 2.26. The Morgan fingerprint density at radius 1 is 1.14 bits per heavy atom. The van der Waals surface area contributed by atoms with E-state index < -0.39 is 34.1 Å². The first-order valence-electron chi connectivity index (χ1n) is 11.2. The van der Waals surface area contributed by atoms with Crippen LogP contribution in [-0.4, -0.2) is 56.0 Å². The number of esters is 1. The number of sulfonamides is 1. The van der Waals surface area contributed by atoms with E-state index in [1.807, 2.05) is 30.3 Å². The van der Waals surface area contributed by atoms with Crippen LogP contribution >= 0.6 is 0 Å². The number of carbonyl (C=O) groups excluding carboxylic acids is 2. The van der Waals surface area contributed by atoms with Gasteiger partial charge in [0, 0.05) is 24.1 Å². The van der Waals surface area contributed by atoms with E-state index in [2.05, 4.69) is 14.7 Å². The number of fused-ring (bicyclic) bond motifs is 1. The second-order valence-electron chi connectivity index (χ2n) is 8.90. The Bertz CT molecular complexity index is 1330. The van der Waals surface area contributed by atoms with Crippen molar-refractivity contribution in [2.24, 2.45) is 0 Å². The summed E-state index contributed by atoms with van der Waals surface area (Å²) < 4.78 is 44.5. The number of carbonyl (C=O) groups is 2. The minimum atomic E-state index is -4.29. The molecule has 3 aromatic rings. The standard InChI is InChI=1S/C25H29N3O7S/c1-25(2,3)35-23(30)15-18(16-29)28-36(31,32)21-9-10-22(33-4)27-24(21)34-14-12-17-11-13-26-20-8-6-5-7-19(17)20/h5-11,13,16,18,28H,12,14-15H2,1-4H3/t18-/m0/s1. The molecule has 11 heteroatoms. The topological polar surface area (TPSA) is 134 Å². The van der Waals surface area contributed by atoms with E-state index in [4.69, 9.17) is 14.2 Å². The van der Waals surface area contributed by atoms with Gasteiger partial charge in [-0.1, -0.05) is 18.2 Å². The van der Waals surface area contributed by atoms with Crippen molar-refractivity contribution < 1.29 is 32.2 Å². The van der Waals surface area contributed by atoms with Gasteiger partial charge in [0.25, 0.3) is 0 Å². The normalized spacial score (nSPS) is 12.7. The van der Waals surface area contributed by atoms with Crippen molar-refractivity contribution in [3.63, 3.8) is 0 Å². The molecule has 0 bridgehead atoms. The lowest BCUT2D eigenvalue weighted by Gasteiger charge is -2.21. The van der Waals surface area contributed by atoms with Crippen molar-refractivity contribution in [1.29, 1.82) is 0 Å². The molecule has 0 aliphatic rings. The first kappa shape index (κ1) is 27.0. The van der Waals surface area contributed by atoms with E-state index in [9.17, 15) is 18.0 Å². The highest BCUT2D eigenvalue weighted by molar-refractivity contribution is 7.89. The van der Waals surface area contributed by atoms with Crippen LogP contribution in [0.1, 0.15) is 32.8 Å². The van der Waals surface area contributed by atoms with Crippen LogP contribution in [0.2, 0.25) is 0 Å². The average Bonchev–Trinajstić information content (AvgIpc) is 2.82. The van der Waals surface area contributed by atoms with Crippen molar-refractivity contribution in [2.45, 2.75) is 50.2 Å². The number of para-hydroxylation sites is 1. The first-order valence-corrected chi connectivity index (χ1v) is 12.7. The van der Waals surface area contributed by atoms with Gasteiger partial charge in [-0.2, -0.15) is 4.98 Å². The number of ether oxygens (including phenoxy) is 3. The zero-order chi connectivity index (χ0) is 26.3. The van der Waals surface area contributed by atoms with E-state index in [-0.39, 0.29) is 23.3 Å². The predicted octanol–water partition coefficient (Wildman–Crippen LogP) is 2.84. The monoisotopic (exact) mass is 515 g/mol. The van der Waals surface area contributed by atoms with Gasteiger partial charge < -0.3 is 19.0 Å². The maximum Gasteiger partial charge on any atom is 0.308 e. The fraction of sp³-hybridized carbons (Fsp3) is 0.360. The molecule has 0 spiro atoms. The van der Waals surface area contributed by atoms with Gasteiger partial charge in [-0.3, -0.25) is 9.78 Å². The lowest BCUT2D eigenvalue weighted by molar-refractivity contribution is -0.155. The van der Waals surface area contributed by atoms with Crippen LogP contribution in [0.3, 0.4) is 0 Å². The SMILES string of the molecule is COc1ccc(S(=O)(=O)N[C@H](C=O)CC(=O)OC(C)(C)C)c(OCCc2ccnc3ccccc23)n1. The highest BCUT2D eigenvalue weighted by atomic mass is 32.2. The van der Waals surface area contributed by atoms with Crippen LogP contribution in [0, 0.1) is 0 Å². The predicted molar refractivity (Wildman–Crippen MR) is 132 cm³/mol. The zero-order valence-electron chi connectivity index (χ0n) is 20.6. The maximum absolute atomic E-state index is 13.1. The van der Waals surface area contributed by atoms with Gasteiger partial charge in [0.1, 0.15) is 16.8 Å². The first-order chi connectivity index (χ1) is 17.0. The Labute approximate surface area is 210 Å². The molecule has 10 nitrogen and oxygen atoms in total. The molecule has 0 aliphatic carbocycles. The molecule has 0 amide bonds. The van der Waals surface area contributed by atoms with Gasteiger partial charge in [-0.25, -0.2) is 13.1 Å². The molecule has 2 heterocycles. The van der Waals surface area contributed by atoms with E-state index in [0.717, 1.165) is 16.5 Å². The van der Waals surface area contributed by atoms with Crippen molar-refractivity contribution >= 4 is 33.2 Å². The minimum Gasteiger partial charge on any atom is -0.481 e. The fourth-order valence-corrected chi connectivity index (χ4v) is 4.65. The lowest BCUT2D eigenvalue weighted by atomic mass is 10.1. The molecule has 0 fully saturated rings. The van der Waals surface area contributed by atoms with Gasteiger partial charge in [-0.15, -0.1) is 0 Å². The molecule has 0 saturated carbocycles. The Kier molecular flexibility index (Phi) is 8.59. The summed E-state index contributed by atoms with van der Waals surface area (Å²) in [5, 5.41) is 0.965. The molecule has 1 atom stereocenters. The Morgan fingerprint density at radius 3 is 2.58 bits per heavy atom. The Morgan fingerprint density at radius 2 is 1.89 bits per heavy atom. The number of rotatable bonds is 11. The van der Waals surface area contributed by atoms with Gasteiger partial charge in [0.2, 0.25) is 21.8 Å². The number of nitrogens with one attached hydrogen (secondary N) is 1. The highest BCUT2D eigenvalue weighted by Gasteiger charge is 2.28. The average molecular weight is 516 g/mol. The number of aldehydes is 1. The van der Waals surface area contributed by atoms with Crippen molar-refractivity contribution in [2.75, 3.05) is 13.7 Å². The molecule has 0 radical (unpaired) electrons. The maximum atomic E-state index is 13.1. The number of aromatic nitrogens is 2. The number of hydrogen-bond donors (Lipinski definition) is 1. The second kappa shape index (κ2) is 11.4. The second-order valence-corrected chi connectivity index (χ2v) is 10.6. The molecular formula is C25H29N3O7S. The molecule has 36 heavy (non-hydrogen) atoms. The Hall–Kier alpha value is -3.57. The summed E-state index contributed by atoms with van der Waals surface area (Å²) in [6.45, 7) is 5.14. The quantitative estimate of drug-likeness (QED) is 0.302. The van der Waals surface area contributed by atoms with Crippen LogP contribution in [0.5, 0.6) is 11.8 Å². The van der Waals surface area contributed by atoms with Crippen LogP contribution in [0.4, 0.5) is 0 Å². The van der Waals surface area contributed by atoms with Crippen LogP contribution in [0.15, 0.2) is 53.6 Å². The molecule has 0 unspecified atom stereocenters. The number of benzene rings is 1. The van der Waals surface area contributed by atoms with E-state index in [1.54, 1.807) is 27.0 Å². The van der Waals surface area contributed by atoms with Crippen LogP contribution in [-0.2, 0) is 30.8 Å². The van der Waals surface area contributed by atoms with E-state index in [1.165, 1.54) is 19.2 Å². The third kappa shape index (κ3) is 7.22. The minimum absolute atomic E-state index is 0.117. The molecule has 1 N–H and O–H groups in total. The number of hydrogen-bond acceptors (Lipinski definition) is 9. The molecule has 0 aliphatic heterocycles. The number of methoxy groups -OCH3 is 1. The van der Waals surface area contributed by atoms with Crippen LogP contribution < -0.4 is 14.2 Å². The summed E-state index contributed by atoms with van der Waals surface area (Å²) in [5.74, 6) is -0.752. The van der Waals surface area contributed by atoms with Crippen LogP contribution in [0.25, 0.3) is 10.9 Å². The summed E-state index contributed by atoms with van der Waals surface area (Å²) in [7, 11) is -2.89. The summed E-state index contributed by atoms with van der Waals surface area (Å²) in [6, 6.07) is 10.8. The molecule has 192 valence electrons. The number of nitrogens with zero attached hydrogens (tertiary/aromatic N) is 2. The van der Waals surface area contributed by atoms with E-state index >= 15 is 0 Å². The zero-order valence-corrected chi connectivity index (χ0v) is 21.4. The van der Waals surface area contributed by atoms with Crippen molar-refractivity contribution in [3.8, 4) is 11.8 Å². The third-order valence-electron chi connectivity index (χ3n) is 4.93. The molecule has 3 rings (SSSR count). The lowest BCUT2D eigenvalue weighted by Crippen LogP contribution is -2.39. The van der Waals surface area contributed by atoms with Crippen molar-refractivity contribution in [1.82, 2.24) is 14.7 Å². The summed E-state index contributed by atoms with van der Waals surface area (Å²) in [6.07, 6.45) is 2.04. The van der Waals surface area contributed by atoms with Gasteiger partial charge in [-0.05, 0) is 44.5 Å². The fourth-order valence-electron chi connectivity index (χ4n) is 3.41. The Balaban J connectivity index is 1.78. The molecule has 1 aromatic carbocycles. The van der Waals surface area contributed by atoms with Gasteiger partial charge >= 0.3 is 5.97 Å². The van der Waals surface area contributed by atoms with Gasteiger partial charge in [0.15, 0.2) is 0 Å². The van der Waals surface area contributed by atoms with E-state index in [0.29, 0.717) is 12.7 Å². The van der Waals surface area contributed by atoms with Crippen molar-refractivity contribution in [3.05, 3.63) is 54.2 Å². The number of pyridine rings is 2. The molecule has 2 aromatic heterocycles.